The minimum atomic E-state index is -4.23. The van der Waals surface area contributed by atoms with E-state index in [1.807, 2.05) is 31.6 Å². The van der Waals surface area contributed by atoms with Crippen LogP contribution in [0.2, 0.25) is 0 Å². The van der Waals surface area contributed by atoms with Crippen molar-refractivity contribution >= 4 is 45.3 Å². The van der Waals surface area contributed by atoms with Crippen molar-refractivity contribution in [3.8, 4) is 11.1 Å². The van der Waals surface area contributed by atoms with Crippen molar-refractivity contribution in [2.75, 3.05) is 20.8 Å². The molecule has 0 saturated heterocycles. The zero-order valence-corrected chi connectivity index (χ0v) is 28.1. The Hall–Kier alpha value is -3.45. The van der Waals surface area contributed by atoms with E-state index in [1.54, 1.807) is 38.1 Å². The number of benzene rings is 1. The lowest BCUT2D eigenvalue weighted by Gasteiger charge is -2.32. The van der Waals surface area contributed by atoms with Crippen LogP contribution in [0, 0.1) is 11.8 Å². The zero-order chi connectivity index (χ0) is 33.0. The number of thiophene rings is 1. The van der Waals surface area contributed by atoms with Gasteiger partial charge in [-0.2, -0.15) is 0 Å². The van der Waals surface area contributed by atoms with Gasteiger partial charge < -0.3 is 19.1 Å². The van der Waals surface area contributed by atoms with Crippen molar-refractivity contribution in [1.82, 2.24) is 9.62 Å². The quantitative estimate of drug-likeness (QED) is 0.145. The maximum atomic E-state index is 13.3. The first-order chi connectivity index (χ1) is 20.7. The van der Waals surface area contributed by atoms with E-state index < -0.39 is 40.0 Å². The van der Waals surface area contributed by atoms with Gasteiger partial charge in [-0.05, 0) is 41.9 Å². The molecule has 1 aromatic heterocycles. The summed E-state index contributed by atoms with van der Waals surface area (Å²) in [5.41, 5.74) is 1.71. The molecule has 0 aliphatic heterocycles. The average Bonchev–Trinajstić information content (AvgIpc) is 3.39. The van der Waals surface area contributed by atoms with Gasteiger partial charge in [0, 0.05) is 23.4 Å². The fraction of sp³-hybridized carbons (Fsp3) is 0.548. The maximum Gasteiger partial charge on any atom is 0.421 e. The number of methoxy groups -OCH3 is 2. The molecule has 2 amide bonds. The highest BCUT2D eigenvalue weighted by atomic mass is 32.2. The van der Waals surface area contributed by atoms with Gasteiger partial charge in [0.2, 0.25) is 5.91 Å². The van der Waals surface area contributed by atoms with Crippen LogP contribution < -0.4 is 4.72 Å². The molecule has 1 N–H and O–H groups in total. The second kappa shape index (κ2) is 17.1. The normalized spacial score (nSPS) is 12.1. The first-order valence-corrected chi connectivity index (χ1v) is 16.9. The summed E-state index contributed by atoms with van der Waals surface area (Å²) in [5, 5.41) is 0. The molecule has 1 heterocycles. The van der Waals surface area contributed by atoms with Crippen molar-refractivity contribution in [2.24, 2.45) is 11.8 Å². The molecule has 1 unspecified atom stereocenters. The summed E-state index contributed by atoms with van der Waals surface area (Å²) in [6, 6.07) is 7.87. The van der Waals surface area contributed by atoms with Gasteiger partial charge in [-0.3, -0.25) is 9.59 Å². The van der Waals surface area contributed by atoms with Crippen molar-refractivity contribution in [1.29, 1.82) is 0 Å². The van der Waals surface area contributed by atoms with Crippen molar-refractivity contribution in [3.63, 3.8) is 0 Å². The molecule has 244 valence electrons. The first-order valence-electron chi connectivity index (χ1n) is 14.6. The third-order valence-corrected chi connectivity index (χ3v) is 9.67. The molecular formula is C31H44N2O9S2. The summed E-state index contributed by atoms with van der Waals surface area (Å²) in [5.74, 6) is -1.52. The standard InChI is InChI=1S/C31H44N2O9S2/c1-8-9-16-42-31(37)32-44(38,39)30-25(18-24(43-30)17-20(2)3)23-12-10-22(11-13-23)19-33(26(34)14-15-27(35)40-6)28(21(4)5)29(36)41-7/h10-13,18,20-21,28H,8-9,14-17,19H2,1-7H3,(H,32,37). The number of carbonyl (C=O) groups is 4. The smallest absolute Gasteiger partial charge is 0.421 e. The van der Waals surface area contributed by atoms with Crippen LogP contribution in [0.25, 0.3) is 11.1 Å². The lowest BCUT2D eigenvalue weighted by molar-refractivity contribution is -0.156. The van der Waals surface area contributed by atoms with Crippen molar-refractivity contribution < 1.29 is 41.8 Å². The predicted molar refractivity (Wildman–Crippen MR) is 167 cm³/mol. The molecule has 2 rings (SSSR count). The summed E-state index contributed by atoms with van der Waals surface area (Å²) < 4.78 is 43.3. The van der Waals surface area contributed by atoms with E-state index in [-0.39, 0.29) is 42.0 Å². The number of hydrogen-bond acceptors (Lipinski definition) is 10. The monoisotopic (exact) mass is 652 g/mol. The third kappa shape index (κ3) is 10.6. The number of unbranched alkanes of at least 4 members (excludes halogenated alkanes) is 1. The Morgan fingerprint density at radius 2 is 1.64 bits per heavy atom. The Morgan fingerprint density at radius 3 is 2.18 bits per heavy atom. The number of hydrogen-bond donors (Lipinski definition) is 1. The van der Waals surface area contributed by atoms with E-state index in [1.165, 1.54) is 19.1 Å². The predicted octanol–water partition coefficient (Wildman–Crippen LogP) is 5.31. The molecule has 0 saturated carbocycles. The Labute approximate surface area is 264 Å². The van der Waals surface area contributed by atoms with Gasteiger partial charge in [-0.15, -0.1) is 11.3 Å². The Bertz CT molecular complexity index is 1380. The van der Waals surface area contributed by atoms with E-state index in [9.17, 15) is 27.6 Å². The molecule has 13 heteroatoms. The molecule has 1 aromatic carbocycles. The van der Waals surface area contributed by atoms with Gasteiger partial charge >= 0.3 is 18.0 Å². The molecule has 0 bridgehead atoms. The van der Waals surface area contributed by atoms with Gasteiger partial charge in [-0.25, -0.2) is 22.7 Å². The average molecular weight is 653 g/mol. The molecule has 0 aliphatic carbocycles. The zero-order valence-electron chi connectivity index (χ0n) is 26.5. The highest BCUT2D eigenvalue weighted by Crippen LogP contribution is 2.36. The second-order valence-electron chi connectivity index (χ2n) is 11.1. The van der Waals surface area contributed by atoms with Crippen LogP contribution in [0.1, 0.15) is 70.7 Å². The van der Waals surface area contributed by atoms with E-state index >= 15 is 0 Å². The van der Waals surface area contributed by atoms with Gasteiger partial charge in [0.05, 0.1) is 27.2 Å². The molecule has 44 heavy (non-hydrogen) atoms. The Kier molecular flexibility index (Phi) is 14.3. The largest absolute Gasteiger partial charge is 0.469 e. The SMILES string of the molecule is CCCCOC(=O)NS(=O)(=O)c1sc(CC(C)C)cc1-c1ccc(CN(C(=O)CCC(=O)OC)C(C(=O)OC)C(C)C)cc1. The number of rotatable bonds is 16. The number of carbonyl (C=O) groups excluding carboxylic acids is 4. The minimum Gasteiger partial charge on any atom is -0.469 e. The third-order valence-electron chi connectivity index (χ3n) is 6.67. The van der Waals surface area contributed by atoms with E-state index in [2.05, 4.69) is 4.74 Å². The van der Waals surface area contributed by atoms with Gasteiger partial charge in [0.15, 0.2) is 0 Å². The summed E-state index contributed by atoms with van der Waals surface area (Å²) in [6.07, 6.45) is 0.761. The number of nitrogens with one attached hydrogen (secondary N) is 1. The maximum absolute atomic E-state index is 13.3. The van der Waals surface area contributed by atoms with Crippen LogP contribution in [0.3, 0.4) is 0 Å². The molecular weight excluding hydrogens is 608 g/mol. The molecule has 1 atom stereocenters. The van der Waals surface area contributed by atoms with Crippen molar-refractivity contribution in [3.05, 3.63) is 40.8 Å². The van der Waals surface area contributed by atoms with Crippen LogP contribution in [0.15, 0.2) is 34.5 Å². The van der Waals surface area contributed by atoms with Crippen LogP contribution in [0.4, 0.5) is 4.79 Å². The molecule has 11 nitrogen and oxygen atoms in total. The first kappa shape index (κ1) is 36.7. The number of amides is 2. The van der Waals surface area contributed by atoms with Crippen LogP contribution in [0.5, 0.6) is 0 Å². The highest BCUT2D eigenvalue weighted by Gasteiger charge is 2.33. The van der Waals surface area contributed by atoms with Crippen LogP contribution >= 0.6 is 11.3 Å². The lowest BCUT2D eigenvalue weighted by Crippen LogP contribution is -2.48. The van der Waals surface area contributed by atoms with E-state index in [0.29, 0.717) is 29.5 Å². The topological polar surface area (TPSA) is 145 Å². The highest BCUT2D eigenvalue weighted by molar-refractivity contribution is 7.92. The molecule has 0 aliphatic rings. The van der Waals surface area contributed by atoms with E-state index in [0.717, 1.165) is 22.6 Å². The fourth-order valence-corrected chi connectivity index (χ4v) is 7.33. The van der Waals surface area contributed by atoms with E-state index in [4.69, 9.17) is 9.47 Å². The second-order valence-corrected chi connectivity index (χ2v) is 14.1. The summed E-state index contributed by atoms with van der Waals surface area (Å²) in [4.78, 5) is 52.1. The Morgan fingerprint density at radius 1 is 0.977 bits per heavy atom. The van der Waals surface area contributed by atoms with Crippen LogP contribution in [-0.2, 0) is 51.6 Å². The minimum absolute atomic E-state index is 0.00137. The fourth-order valence-electron chi connectivity index (χ4n) is 4.48. The van der Waals surface area contributed by atoms with Gasteiger partial charge in [0.25, 0.3) is 10.0 Å². The number of sulfonamides is 1. The summed E-state index contributed by atoms with van der Waals surface area (Å²) in [7, 11) is -1.74. The lowest BCUT2D eigenvalue weighted by atomic mass is 10.00. The van der Waals surface area contributed by atoms with Crippen molar-refractivity contribution in [2.45, 2.75) is 83.5 Å². The number of ether oxygens (including phenoxy) is 3. The molecule has 0 fully saturated rings. The van der Waals surface area contributed by atoms with Gasteiger partial charge in [-0.1, -0.05) is 65.3 Å². The molecule has 0 spiro atoms. The summed E-state index contributed by atoms with van der Waals surface area (Å²) >= 11 is 1.10. The Balaban J connectivity index is 2.44. The summed E-state index contributed by atoms with van der Waals surface area (Å²) in [6.45, 7) is 9.76. The number of nitrogens with zero attached hydrogens (tertiary/aromatic N) is 1. The van der Waals surface area contributed by atoms with Crippen LogP contribution in [-0.4, -0.2) is 64.1 Å². The number of esters is 2. The molecule has 2 aromatic rings. The van der Waals surface area contributed by atoms with Gasteiger partial charge in [0.1, 0.15) is 10.3 Å². The molecule has 0 radical (unpaired) electrons.